The van der Waals surface area contributed by atoms with Crippen LogP contribution in [0.1, 0.15) is 22.8 Å². The van der Waals surface area contributed by atoms with Crippen LogP contribution in [0.4, 0.5) is 11.4 Å². The van der Waals surface area contributed by atoms with E-state index in [1.807, 2.05) is 30.3 Å². The lowest BCUT2D eigenvalue weighted by Gasteiger charge is -2.10. The summed E-state index contributed by atoms with van der Waals surface area (Å²) in [7, 11) is 0. The van der Waals surface area contributed by atoms with Crippen molar-refractivity contribution in [2.24, 2.45) is 5.84 Å². The molecule has 0 spiro atoms. The molecule has 0 atom stereocenters. The third kappa shape index (κ3) is 3.11. The highest BCUT2D eigenvalue weighted by molar-refractivity contribution is 6.08. The Labute approximate surface area is 112 Å². The van der Waals surface area contributed by atoms with Gasteiger partial charge >= 0.3 is 0 Å². The monoisotopic (exact) mass is 255 g/mol. The van der Waals surface area contributed by atoms with E-state index in [4.69, 9.17) is 5.84 Å². The second-order valence-corrected chi connectivity index (χ2v) is 4.20. The maximum Gasteiger partial charge on any atom is 0.257 e. The summed E-state index contributed by atoms with van der Waals surface area (Å²) in [4.78, 5) is 12.2. The molecule has 0 aliphatic rings. The molecule has 0 saturated carbocycles. The first kappa shape index (κ1) is 13.1. The molecule has 2 rings (SSSR count). The first-order valence-electron chi connectivity index (χ1n) is 6.20. The van der Waals surface area contributed by atoms with Gasteiger partial charge in [-0.3, -0.25) is 10.6 Å². The molecule has 0 bridgehead atoms. The summed E-state index contributed by atoms with van der Waals surface area (Å²) in [6.07, 6.45) is 0.935. The van der Waals surface area contributed by atoms with Gasteiger partial charge in [-0.25, -0.2) is 0 Å². The third-order valence-corrected chi connectivity index (χ3v) is 2.92. The van der Waals surface area contributed by atoms with Crippen molar-refractivity contribution in [3.05, 3.63) is 59.7 Å². The highest BCUT2D eigenvalue weighted by Crippen LogP contribution is 2.17. The van der Waals surface area contributed by atoms with Gasteiger partial charge in [0.1, 0.15) is 0 Å². The van der Waals surface area contributed by atoms with Crippen LogP contribution in [0.25, 0.3) is 0 Å². The van der Waals surface area contributed by atoms with E-state index in [9.17, 15) is 4.79 Å². The van der Waals surface area contributed by atoms with Crippen LogP contribution >= 0.6 is 0 Å². The average Bonchev–Trinajstić information content (AvgIpc) is 2.47. The SMILES string of the molecule is CCc1cccc(NC(=O)c2ccccc2NN)c1. The Kier molecular flexibility index (Phi) is 4.15. The number of rotatable bonds is 4. The minimum absolute atomic E-state index is 0.179. The first-order valence-corrected chi connectivity index (χ1v) is 6.20. The number of nitrogen functional groups attached to an aromatic ring is 1. The molecule has 0 fully saturated rings. The van der Waals surface area contributed by atoms with Crippen LogP contribution in [0.15, 0.2) is 48.5 Å². The van der Waals surface area contributed by atoms with Gasteiger partial charge in [-0.1, -0.05) is 31.2 Å². The number of benzene rings is 2. The van der Waals surface area contributed by atoms with Crippen LogP contribution in [-0.2, 0) is 6.42 Å². The Morgan fingerprint density at radius 3 is 2.68 bits per heavy atom. The van der Waals surface area contributed by atoms with Crippen LogP contribution in [0, 0.1) is 0 Å². The summed E-state index contributed by atoms with van der Waals surface area (Å²) in [5, 5.41) is 2.87. The fourth-order valence-electron chi connectivity index (χ4n) is 1.87. The topological polar surface area (TPSA) is 67.2 Å². The average molecular weight is 255 g/mol. The Morgan fingerprint density at radius 1 is 1.16 bits per heavy atom. The normalized spacial score (nSPS) is 10.0. The molecule has 0 radical (unpaired) electrons. The Morgan fingerprint density at radius 2 is 1.95 bits per heavy atom. The molecule has 0 saturated heterocycles. The number of nitrogens with one attached hydrogen (secondary N) is 2. The largest absolute Gasteiger partial charge is 0.323 e. The number of hydrogen-bond donors (Lipinski definition) is 3. The molecular formula is C15H17N3O. The zero-order valence-electron chi connectivity index (χ0n) is 10.8. The van der Waals surface area contributed by atoms with Gasteiger partial charge in [0, 0.05) is 5.69 Å². The van der Waals surface area contributed by atoms with Crippen molar-refractivity contribution >= 4 is 17.3 Å². The van der Waals surface area contributed by atoms with E-state index in [1.54, 1.807) is 18.2 Å². The molecule has 2 aromatic carbocycles. The zero-order valence-corrected chi connectivity index (χ0v) is 10.8. The van der Waals surface area contributed by atoms with E-state index in [-0.39, 0.29) is 5.91 Å². The molecule has 0 unspecified atom stereocenters. The maximum absolute atomic E-state index is 12.2. The Balaban J connectivity index is 2.20. The maximum atomic E-state index is 12.2. The Hall–Kier alpha value is -2.33. The minimum Gasteiger partial charge on any atom is -0.323 e. The Bertz CT molecular complexity index is 581. The number of aryl methyl sites for hydroxylation is 1. The van der Waals surface area contributed by atoms with E-state index in [1.165, 1.54) is 5.56 Å². The lowest BCUT2D eigenvalue weighted by Crippen LogP contribution is -2.17. The van der Waals surface area contributed by atoms with Gasteiger partial charge in [-0.05, 0) is 36.2 Å². The molecule has 2 aromatic rings. The smallest absolute Gasteiger partial charge is 0.257 e. The highest BCUT2D eigenvalue weighted by Gasteiger charge is 2.10. The quantitative estimate of drug-likeness (QED) is 0.581. The first-order chi connectivity index (χ1) is 9.24. The van der Waals surface area contributed by atoms with Crippen LogP contribution in [0.2, 0.25) is 0 Å². The number of hydrazine groups is 1. The summed E-state index contributed by atoms with van der Waals surface area (Å²) in [5.41, 5.74) is 5.62. The van der Waals surface area contributed by atoms with E-state index in [2.05, 4.69) is 17.7 Å². The van der Waals surface area contributed by atoms with E-state index in [0.29, 0.717) is 11.3 Å². The molecule has 1 amide bonds. The van der Waals surface area contributed by atoms with Crippen molar-refractivity contribution in [1.82, 2.24) is 0 Å². The lowest BCUT2D eigenvalue weighted by molar-refractivity contribution is 0.102. The van der Waals surface area contributed by atoms with Crippen molar-refractivity contribution in [2.75, 3.05) is 10.7 Å². The van der Waals surface area contributed by atoms with Gasteiger partial charge in [-0.15, -0.1) is 0 Å². The molecule has 0 aliphatic carbocycles. The molecule has 0 aromatic heterocycles. The molecule has 19 heavy (non-hydrogen) atoms. The fourth-order valence-corrected chi connectivity index (χ4v) is 1.87. The van der Waals surface area contributed by atoms with E-state index < -0.39 is 0 Å². The second kappa shape index (κ2) is 6.02. The number of hydrogen-bond acceptors (Lipinski definition) is 3. The van der Waals surface area contributed by atoms with Gasteiger partial charge in [0.15, 0.2) is 0 Å². The molecule has 4 N–H and O–H groups in total. The summed E-state index contributed by atoms with van der Waals surface area (Å²) in [6.45, 7) is 2.08. The van der Waals surface area contributed by atoms with E-state index >= 15 is 0 Å². The predicted octanol–water partition coefficient (Wildman–Crippen LogP) is 2.79. The van der Waals surface area contributed by atoms with Gasteiger partial charge in [0.25, 0.3) is 5.91 Å². The molecule has 0 aliphatic heterocycles. The number of amides is 1. The van der Waals surface area contributed by atoms with Crippen LogP contribution < -0.4 is 16.6 Å². The number of para-hydroxylation sites is 1. The van der Waals surface area contributed by atoms with Crippen LogP contribution in [0.5, 0.6) is 0 Å². The summed E-state index contributed by atoms with van der Waals surface area (Å²) >= 11 is 0. The summed E-state index contributed by atoms with van der Waals surface area (Å²) < 4.78 is 0. The van der Waals surface area contributed by atoms with E-state index in [0.717, 1.165) is 12.1 Å². The van der Waals surface area contributed by atoms with Gasteiger partial charge < -0.3 is 10.7 Å². The number of anilines is 2. The van der Waals surface area contributed by atoms with Crippen molar-refractivity contribution < 1.29 is 4.79 Å². The minimum atomic E-state index is -0.179. The van der Waals surface area contributed by atoms with Crippen molar-refractivity contribution in [3.8, 4) is 0 Å². The third-order valence-electron chi connectivity index (χ3n) is 2.92. The zero-order chi connectivity index (χ0) is 13.7. The fraction of sp³-hybridized carbons (Fsp3) is 0.133. The standard InChI is InChI=1S/C15H17N3O/c1-2-11-6-5-7-12(10-11)17-15(19)13-8-3-4-9-14(13)18-16/h3-10,18H,2,16H2,1H3,(H,17,19). The number of carbonyl (C=O) groups excluding carboxylic acids is 1. The summed E-state index contributed by atoms with van der Waals surface area (Å²) in [5.74, 6) is 5.22. The van der Waals surface area contributed by atoms with Crippen molar-refractivity contribution in [2.45, 2.75) is 13.3 Å². The van der Waals surface area contributed by atoms with Crippen LogP contribution in [0.3, 0.4) is 0 Å². The predicted molar refractivity (Wildman–Crippen MR) is 78.0 cm³/mol. The van der Waals surface area contributed by atoms with Gasteiger partial charge in [0.2, 0.25) is 0 Å². The molecular weight excluding hydrogens is 238 g/mol. The summed E-state index contributed by atoms with van der Waals surface area (Å²) in [6, 6.07) is 14.9. The van der Waals surface area contributed by atoms with Gasteiger partial charge in [-0.2, -0.15) is 0 Å². The lowest BCUT2D eigenvalue weighted by atomic mass is 10.1. The van der Waals surface area contributed by atoms with Crippen molar-refractivity contribution in [3.63, 3.8) is 0 Å². The van der Waals surface area contributed by atoms with Crippen molar-refractivity contribution in [1.29, 1.82) is 0 Å². The molecule has 0 heterocycles. The number of carbonyl (C=O) groups is 1. The molecule has 4 heteroatoms. The van der Waals surface area contributed by atoms with Crippen LogP contribution in [-0.4, -0.2) is 5.91 Å². The molecule has 98 valence electrons. The second-order valence-electron chi connectivity index (χ2n) is 4.20. The highest BCUT2D eigenvalue weighted by atomic mass is 16.1. The van der Waals surface area contributed by atoms with Gasteiger partial charge in [0.05, 0.1) is 11.3 Å². The number of nitrogens with two attached hydrogens (primary N) is 1. The molecule has 4 nitrogen and oxygen atoms in total.